The number of morpholine rings is 1. The van der Waals surface area contributed by atoms with Crippen molar-refractivity contribution < 1.29 is 9.53 Å². The van der Waals surface area contributed by atoms with Crippen molar-refractivity contribution in [2.24, 2.45) is 0 Å². The minimum atomic E-state index is -0.267. The van der Waals surface area contributed by atoms with Crippen molar-refractivity contribution >= 4 is 30.6 Å². The van der Waals surface area contributed by atoms with E-state index in [0.717, 1.165) is 65.3 Å². The molecule has 0 amide bonds. The highest BCUT2D eigenvalue weighted by molar-refractivity contribution is 5.88. The normalized spacial score (nSPS) is 21.0. The van der Waals surface area contributed by atoms with Gasteiger partial charge in [-0.3, -0.25) is 9.69 Å². The van der Waals surface area contributed by atoms with Crippen molar-refractivity contribution in [1.82, 2.24) is 9.80 Å². The second-order valence-electron chi connectivity index (χ2n) is 6.80. The Balaban J connectivity index is 0.00000156. The molecule has 142 valence electrons. The van der Waals surface area contributed by atoms with Crippen LogP contribution in [0.4, 0.5) is 0 Å². The number of Topliss-reactive ketones (excluding diaryl/α,β-unsaturated/α-hetero) is 1. The summed E-state index contributed by atoms with van der Waals surface area (Å²) < 4.78 is 5.40. The summed E-state index contributed by atoms with van der Waals surface area (Å²) in [6, 6.07) is 10.3. The Morgan fingerprint density at radius 2 is 1.48 bits per heavy atom. The summed E-state index contributed by atoms with van der Waals surface area (Å²) >= 11 is 0. The number of carbonyl (C=O) groups is 1. The molecular formula is C19H30Cl2N2O2. The zero-order chi connectivity index (χ0) is 16.1. The lowest BCUT2D eigenvalue weighted by molar-refractivity contribution is -0.124. The molecule has 4 nitrogen and oxygen atoms in total. The second-order valence-corrected chi connectivity index (χ2v) is 6.80. The van der Waals surface area contributed by atoms with Crippen molar-refractivity contribution in [3.8, 4) is 0 Å². The van der Waals surface area contributed by atoms with Crippen molar-refractivity contribution in [1.29, 1.82) is 0 Å². The molecule has 1 aromatic rings. The van der Waals surface area contributed by atoms with Crippen LogP contribution in [0.25, 0.3) is 0 Å². The van der Waals surface area contributed by atoms with Gasteiger partial charge in [-0.1, -0.05) is 30.3 Å². The first-order chi connectivity index (χ1) is 11.2. The summed E-state index contributed by atoms with van der Waals surface area (Å²) in [6.07, 6.45) is 1.88. The highest BCUT2D eigenvalue weighted by Crippen LogP contribution is 2.36. The summed E-state index contributed by atoms with van der Waals surface area (Å²) in [7, 11) is 0. The Morgan fingerprint density at radius 3 is 2.00 bits per heavy atom. The van der Waals surface area contributed by atoms with E-state index >= 15 is 0 Å². The Kier molecular flexibility index (Phi) is 9.39. The Hall–Kier alpha value is -0.650. The molecule has 0 saturated carbocycles. The number of nitrogens with zero attached hydrogens (tertiary/aromatic N) is 2. The third-order valence-electron chi connectivity index (χ3n) is 5.55. The lowest BCUT2D eigenvalue weighted by Crippen LogP contribution is -2.49. The molecule has 2 heterocycles. The van der Waals surface area contributed by atoms with Gasteiger partial charge in [0.2, 0.25) is 0 Å². The van der Waals surface area contributed by atoms with Gasteiger partial charge in [0.15, 0.2) is 0 Å². The van der Waals surface area contributed by atoms with E-state index in [1.165, 1.54) is 5.56 Å². The summed E-state index contributed by atoms with van der Waals surface area (Å²) in [4.78, 5) is 17.4. The van der Waals surface area contributed by atoms with Crippen LogP contribution >= 0.6 is 24.8 Å². The van der Waals surface area contributed by atoms with Crippen LogP contribution in [0.15, 0.2) is 30.3 Å². The Bertz CT molecular complexity index is 513. The van der Waals surface area contributed by atoms with Gasteiger partial charge in [0, 0.05) is 26.2 Å². The lowest BCUT2D eigenvalue weighted by atomic mass is 9.70. The molecule has 2 fully saturated rings. The molecule has 0 N–H and O–H groups in total. The molecule has 1 aromatic carbocycles. The van der Waals surface area contributed by atoms with Gasteiger partial charge in [-0.15, -0.1) is 24.8 Å². The zero-order valence-electron chi connectivity index (χ0n) is 15.0. The molecule has 6 heteroatoms. The van der Waals surface area contributed by atoms with Crippen molar-refractivity contribution in [2.75, 3.05) is 52.5 Å². The number of hydrogen-bond donors (Lipinski definition) is 0. The van der Waals surface area contributed by atoms with Crippen LogP contribution in [0.3, 0.4) is 0 Å². The van der Waals surface area contributed by atoms with E-state index in [-0.39, 0.29) is 30.2 Å². The summed E-state index contributed by atoms with van der Waals surface area (Å²) in [5, 5.41) is 0. The molecule has 0 bridgehead atoms. The first kappa shape index (κ1) is 22.4. The summed E-state index contributed by atoms with van der Waals surface area (Å²) in [5.74, 6) is 0.316. The largest absolute Gasteiger partial charge is 0.379 e. The molecule has 0 aromatic heterocycles. The highest BCUT2D eigenvalue weighted by Gasteiger charge is 2.40. The van der Waals surface area contributed by atoms with E-state index in [1.807, 2.05) is 18.2 Å². The standard InChI is InChI=1S/C19H28N2O2.2ClH/c1-17(22)19(18-5-3-2-4-6-18)7-9-20(10-8-19)11-12-21-13-15-23-16-14-21;;/h2-6H,7-16H2,1H3;2*1H. The fraction of sp³-hybridized carbons (Fsp3) is 0.632. The number of benzene rings is 1. The smallest absolute Gasteiger partial charge is 0.140 e. The fourth-order valence-electron chi connectivity index (χ4n) is 3.87. The van der Waals surface area contributed by atoms with Crippen molar-refractivity contribution in [3.63, 3.8) is 0 Å². The molecule has 2 aliphatic heterocycles. The number of carbonyl (C=O) groups excluding carboxylic acids is 1. The number of halogens is 2. The van der Waals surface area contributed by atoms with Crippen molar-refractivity contribution in [2.45, 2.75) is 25.2 Å². The second kappa shape index (κ2) is 10.5. The molecule has 2 aliphatic rings. The van der Waals surface area contributed by atoms with Crippen LogP contribution in [0, 0.1) is 0 Å². The molecule has 0 spiro atoms. The first-order valence-electron chi connectivity index (χ1n) is 8.80. The number of likely N-dealkylation sites (tertiary alicyclic amines) is 1. The van der Waals surface area contributed by atoms with E-state index < -0.39 is 0 Å². The molecule has 3 rings (SSSR count). The molecule has 0 unspecified atom stereocenters. The van der Waals surface area contributed by atoms with E-state index in [1.54, 1.807) is 6.92 Å². The quantitative estimate of drug-likeness (QED) is 0.776. The van der Waals surface area contributed by atoms with Gasteiger partial charge in [-0.2, -0.15) is 0 Å². The Morgan fingerprint density at radius 1 is 0.960 bits per heavy atom. The predicted molar refractivity (Wildman–Crippen MR) is 106 cm³/mol. The maximum atomic E-state index is 12.4. The maximum Gasteiger partial charge on any atom is 0.140 e. The van der Waals surface area contributed by atoms with Crippen LogP contribution in [-0.2, 0) is 14.9 Å². The van der Waals surface area contributed by atoms with Gasteiger partial charge < -0.3 is 9.64 Å². The van der Waals surface area contributed by atoms with Gasteiger partial charge in [0.1, 0.15) is 5.78 Å². The summed E-state index contributed by atoms with van der Waals surface area (Å²) in [6.45, 7) is 9.83. The fourth-order valence-corrected chi connectivity index (χ4v) is 3.87. The molecule has 25 heavy (non-hydrogen) atoms. The first-order valence-corrected chi connectivity index (χ1v) is 8.80. The zero-order valence-corrected chi connectivity index (χ0v) is 16.6. The topological polar surface area (TPSA) is 32.8 Å². The molecular weight excluding hydrogens is 359 g/mol. The lowest BCUT2D eigenvalue weighted by Gasteiger charge is -2.41. The number of ether oxygens (including phenoxy) is 1. The van der Waals surface area contributed by atoms with Crippen LogP contribution in [0.2, 0.25) is 0 Å². The SMILES string of the molecule is CC(=O)C1(c2ccccc2)CCN(CCN2CCOCC2)CC1.Cl.Cl. The van der Waals surface area contributed by atoms with Crippen LogP contribution in [0.1, 0.15) is 25.3 Å². The minimum Gasteiger partial charge on any atom is -0.379 e. The number of ketones is 1. The van der Waals surface area contributed by atoms with Gasteiger partial charge in [-0.25, -0.2) is 0 Å². The van der Waals surface area contributed by atoms with Gasteiger partial charge in [0.25, 0.3) is 0 Å². The van der Waals surface area contributed by atoms with Gasteiger partial charge >= 0.3 is 0 Å². The number of piperidine rings is 1. The third kappa shape index (κ3) is 5.41. The van der Waals surface area contributed by atoms with Gasteiger partial charge in [0.05, 0.1) is 18.6 Å². The van der Waals surface area contributed by atoms with Crippen LogP contribution in [-0.4, -0.2) is 68.1 Å². The monoisotopic (exact) mass is 388 g/mol. The third-order valence-corrected chi connectivity index (χ3v) is 5.55. The van der Waals surface area contributed by atoms with E-state index in [0.29, 0.717) is 5.78 Å². The highest BCUT2D eigenvalue weighted by atomic mass is 35.5. The molecule has 2 saturated heterocycles. The Labute approximate surface area is 163 Å². The minimum absolute atomic E-state index is 0. The van der Waals surface area contributed by atoms with E-state index in [9.17, 15) is 4.79 Å². The summed E-state index contributed by atoms with van der Waals surface area (Å²) in [5.41, 5.74) is 0.928. The maximum absolute atomic E-state index is 12.4. The number of rotatable bonds is 5. The number of hydrogen-bond acceptors (Lipinski definition) is 4. The molecule has 0 radical (unpaired) electrons. The van der Waals surface area contributed by atoms with Gasteiger partial charge in [-0.05, 0) is 38.4 Å². The molecule has 0 aliphatic carbocycles. The van der Waals surface area contributed by atoms with Crippen molar-refractivity contribution in [3.05, 3.63) is 35.9 Å². The molecule has 0 atom stereocenters. The van der Waals surface area contributed by atoms with Crippen LogP contribution < -0.4 is 0 Å². The van der Waals surface area contributed by atoms with E-state index in [4.69, 9.17) is 4.74 Å². The average Bonchev–Trinajstić information content (AvgIpc) is 2.62. The van der Waals surface area contributed by atoms with E-state index in [2.05, 4.69) is 21.9 Å². The average molecular weight is 389 g/mol. The van der Waals surface area contributed by atoms with Crippen LogP contribution in [0.5, 0.6) is 0 Å². The predicted octanol–water partition coefficient (Wildman–Crippen LogP) is 2.79.